The van der Waals surface area contributed by atoms with Gasteiger partial charge in [0.2, 0.25) is 0 Å². The molecule has 7 heteroatoms. The normalized spacial score (nSPS) is 11.2. The highest BCUT2D eigenvalue weighted by atomic mass is 16.2. The third-order valence-corrected chi connectivity index (χ3v) is 3.76. The smallest absolute Gasteiger partial charge is 0.325 e. The molecule has 0 aliphatic heterocycles. The summed E-state index contributed by atoms with van der Waals surface area (Å²) in [4.78, 5) is 39.9. The molecule has 0 atom stereocenters. The van der Waals surface area contributed by atoms with Gasteiger partial charge in [0.25, 0.3) is 5.56 Å². The Morgan fingerprint density at radius 1 is 1.23 bits per heavy atom. The zero-order valence-electron chi connectivity index (χ0n) is 13.3. The van der Waals surface area contributed by atoms with E-state index in [-0.39, 0.29) is 17.0 Å². The first kappa shape index (κ1) is 16.2. The van der Waals surface area contributed by atoms with Gasteiger partial charge in [0, 0.05) is 26.6 Å². The van der Waals surface area contributed by atoms with Crippen molar-refractivity contribution in [1.29, 1.82) is 0 Å². The molecule has 0 fully saturated rings. The molecule has 2 rings (SSSR count). The maximum atomic E-state index is 12.4. The van der Waals surface area contributed by atoms with Crippen molar-refractivity contribution in [2.45, 2.75) is 52.6 Å². The SMILES string of the molecule is CCCCn1c(=O)n(C)c(=O)c2c1ncn2CCCC(C)=O. The van der Waals surface area contributed by atoms with Crippen LogP contribution in [0.2, 0.25) is 0 Å². The number of unbranched alkanes of at least 4 members (excludes halogenated alkanes) is 1. The Hall–Kier alpha value is -2.18. The molecule has 0 aliphatic carbocycles. The predicted octanol–water partition coefficient (Wildman–Crippen LogP) is 1.07. The number of imidazole rings is 1. The van der Waals surface area contributed by atoms with Crippen molar-refractivity contribution in [3.8, 4) is 0 Å². The number of hydrogen-bond acceptors (Lipinski definition) is 4. The molecule has 22 heavy (non-hydrogen) atoms. The molecule has 0 N–H and O–H groups in total. The summed E-state index contributed by atoms with van der Waals surface area (Å²) in [5, 5.41) is 0. The first-order valence-corrected chi connectivity index (χ1v) is 7.61. The van der Waals surface area contributed by atoms with Gasteiger partial charge < -0.3 is 9.36 Å². The van der Waals surface area contributed by atoms with Crippen molar-refractivity contribution in [1.82, 2.24) is 18.7 Å². The van der Waals surface area contributed by atoms with Gasteiger partial charge in [0.15, 0.2) is 11.2 Å². The van der Waals surface area contributed by atoms with Crippen LogP contribution in [0.3, 0.4) is 0 Å². The molecule has 0 unspecified atom stereocenters. The van der Waals surface area contributed by atoms with Gasteiger partial charge in [-0.05, 0) is 19.8 Å². The zero-order chi connectivity index (χ0) is 16.3. The van der Waals surface area contributed by atoms with Gasteiger partial charge >= 0.3 is 5.69 Å². The Balaban J connectivity index is 2.50. The maximum absolute atomic E-state index is 12.4. The average Bonchev–Trinajstić information content (AvgIpc) is 2.88. The topological polar surface area (TPSA) is 78.9 Å². The highest BCUT2D eigenvalue weighted by molar-refractivity contribution is 5.75. The summed E-state index contributed by atoms with van der Waals surface area (Å²) in [6.45, 7) is 4.68. The fraction of sp³-hybridized carbons (Fsp3) is 0.600. The molecule has 2 heterocycles. The summed E-state index contributed by atoms with van der Waals surface area (Å²) in [5.74, 6) is 0.122. The number of aromatic nitrogens is 4. The third kappa shape index (κ3) is 3.03. The number of aryl methyl sites for hydroxylation is 2. The molecular weight excluding hydrogens is 284 g/mol. The van der Waals surface area contributed by atoms with Crippen molar-refractivity contribution in [3.05, 3.63) is 27.2 Å². The second-order valence-corrected chi connectivity index (χ2v) is 5.57. The highest BCUT2D eigenvalue weighted by Gasteiger charge is 2.15. The lowest BCUT2D eigenvalue weighted by molar-refractivity contribution is -0.117. The van der Waals surface area contributed by atoms with Gasteiger partial charge in [0.1, 0.15) is 5.78 Å². The van der Waals surface area contributed by atoms with E-state index in [1.54, 1.807) is 22.4 Å². The second-order valence-electron chi connectivity index (χ2n) is 5.57. The van der Waals surface area contributed by atoms with Crippen LogP contribution in [0.4, 0.5) is 0 Å². The van der Waals surface area contributed by atoms with Crippen LogP contribution in [0, 0.1) is 0 Å². The van der Waals surface area contributed by atoms with E-state index >= 15 is 0 Å². The lowest BCUT2D eigenvalue weighted by Gasteiger charge is -2.09. The first-order valence-electron chi connectivity index (χ1n) is 7.61. The number of carbonyl (C=O) groups excluding carboxylic acids is 1. The van der Waals surface area contributed by atoms with Crippen LogP contribution < -0.4 is 11.2 Å². The van der Waals surface area contributed by atoms with E-state index < -0.39 is 0 Å². The Kier molecular flexibility index (Phi) is 4.95. The Bertz CT molecular complexity index is 797. The molecule has 2 aromatic rings. The van der Waals surface area contributed by atoms with Crippen molar-refractivity contribution < 1.29 is 4.79 Å². The van der Waals surface area contributed by atoms with E-state index in [4.69, 9.17) is 0 Å². The van der Waals surface area contributed by atoms with Gasteiger partial charge in [-0.3, -0.25) is 13.9 Å². The molecule has 0 saturated heterocycles. The van der Waals surface area contributed by atoms with Gasteiger partial charge in [0.05, 0.1) is 6.33 Å². The highest BCUT2D eigenvalue weighted by Crippen LogP contribution is 2.09. The molecular formula is C15H22N4O3. The Labute approximate surface area is 128 Å². The molecule has 0 bridgehead atoms. The minimum Gasteiger partial charge on any atom is -0.325 e. The zero-order valence-corrected chi connectivity index (χ0v) is 13.3. The van der Waals surface area contributed by atoms with Crippen molar-refractivity contribution in [2.75, 3.05) is 0 Å². The quantitative estimate of drug-likeness (QED) is 0.766. The molecule has 0 spiro atoms. The molecule has 120 valence electrons. The molecule has 7 nitrogen and oxygen atoms in total. The Morgan fingerprint density at radius 3 is 2.59 bits per heavy atom. The number of rotatable bonds is 7. The van der Waals surface area contributed by atoms with Crippen molar-refractivity contribution >= 4 is 16.9 Å². The van der Waals surface area contributed by atoms with Gasteiger partial charge in [-0.15, -0.1) is 0 Å². The van der Waals surface area contributed by atoms with Crippen molar-refractivity contribution in [2.24, 2.45) is 7.05 Å². The largest absolute Gasteiger partial charge is 0.332 e. The van der Waals surface area contributed by atoms with Crippen LogP contribution in [0.25, 0.3) is 11.2 Å². The van der Waals surface area contributed by atoms with Gasteiger partial charge in [-0.25, -0.2) is 9.78 Å². The van der Waals surface area contributed by atoms with E-state index in [0.717, 1.165) is 17.4 Å². The maximum Gasteiger partial charge on any atom is 0.332 e. The number of fused-ring (bicyclic) bond motifs is 1. The molecule has 2 aromatic heterocycles. The first-order chi connectivity index (χ1) is 10.5. The number of Topliss-reactive ketones (excluding diaryl/α,β-unsaturated/α-hetero) is 1. The summed E-state index contributed by atoms with van der Waals surface area (Å²) in [7, 11) is 1.49. The monoisotopic (exact) mass is 306 g/mol. The van der Waals surface area contributed by atoms with Gasteiger partial charge in [-0.2, -0.15) is 0 Å². The summed E-state index contributed by atoms with van der Waals surface area (Å²) < 4.78 is 4.42. The number of nitrogens with zero attached hydrogens (tertiary/aromatic N) is 4. The van der Waals surface area contributed by atoms with Crippen LogP contribution in [0.5, 0.6) is 0 Å². The van der Waals surface area contributed by atoms with E-state index in [1.807, 2.05) is 6.92 Å². The van der Waals surface area contributed by atoms with E-state index in [1.165, 1.54) is 7.05 Å². The Morgan fingerprint density at radius 2 is 1.95 bits per heavy atom. The minimum atomic E-state index is -0.340. The fourth-order valence-electron chi connectivity index (χ4n) is 2.49. The summed E-state index contributed by atoms with van der Waals surface area (Å²) >= 11 is 0. The lowest BCUT2D eigenvalue weighted by atomic mass is 10.2. The third-order valence-electron chi connectivity index (χ3n) is 3.76. The van der Waals surface area contributed by atoms with Crippen molar-refractivity contribution in [3.63, 3.8) is 0 Å². The molecule has 0 aromatic carbocycles. The number of carbonyl (C=O) groups is 1. The number of ketones is 1. The van der Waals surface area contributed by atoms with Gasteiger partial charge in [-0.1, -0.05) is 13.3 Å². The molecule has 0 aliphatic rings. The predicted molar refractivity (Wildman–Crippen MR) is 84.1 cm³/mol. The van der Waals surface area contributed by atoms with Crippen LogP contribution >= 0.6 is 0 Å². The summed E-state index contributed by atoms with van der Waals surface area (Å²) in [6.07, 6.45) is 4.50. The lowest BCUT2D eigenvalue weighted by Crippen LogP contribution is -2.38. The standard InChI is InChI=1S/C15H22N4O3/c1-4-5-9-19-13-12(14(21)17(3)15(19)22)18(10-16-13)8-6-7-11(2)20/h10H,4-9H2,1-3H3. The minimum absolute atomic E-state index is 0.122. The fourth-order valence-corrected chi connectivity index (χ4v) is 2.49. The van der Waals surface area contributed by atoms with Crippen LogP contribution in [-0.4, -0.2) is 24.5 Å². The van der Waals surface area contributed by atoms with E-state index in [9.17, 15) is 14.4 Å². The van der Waals surface area contributed by atoms with Crippen LogP contribution in [0.1, 0.15) is 39.5 Å². The van der Waals surface area contributed by atoms with E-state index in [2.05, 4.69) is 4.98 Å². The molecule has 0 amide bonds. The van der Waals surface area contributed by atoms with Crippen LogP contribution in [0.15, 0.2) is 15.9 Å². The average molecular weight is 306 g/mol. The van der Waals surface area contributed by atoms with Crippen LogP contribution in [-0.2, 0) is 24.9 Å². The second kappa shape index (κ2) is 6.72. The molecule has 0 saturated carbocycles. The summed E-state index contributed by atoms with van der Waals surface area (Å²) in [6, 6.07) is 0. The number of hydrogen-bond donors (Lipinski definition) is 0. The summed E-state index contributed by atoms with van der Waals surface area (Å²) in [5.41, 5.74) is 0.194. The van der Waals surface area contributed by atoms with E-state index in [0.29, 0.717) is 37.1 Å². The molecule has 0 radical (unpaired) electrons.